The highest BCUT2D eigenvalue weighted by Gasteiger charge is 2.19. The predicted octanol–water partition coefficient (Wildman–Crippen LogP) is 2.57. The highest BCUT2D eigenvalue weighted by molar-refractivity contribution is 5.51. The molecule has 1 heterocycles. The molecule has 0 radical (unpaired) electrons. The Balaban J connectivity index is 2.02. The lowest BCUT2D eigenvalue weighted by Gasteiger charge is -2.28. The summed E-state index contributed by atoms with van der Waals surface area (Å²) in [6, 6.07) is 6.95. The summed E-state index contributed by atoms with van der Waals surface area (Å²) in [7, 11) is 0. The van der Waals surface area contributed by atoms with Gasteiger partial charge in [0, 0.05) is 30.5 Å². The fourth-order valence-corrected chi connectivity index (χ4v) is 2.07. The van der Waals surface area contributed by atoms with E-state index in [4.69, 9.17) is 4.74 Å². The second-order valence-electron chi connectivity index (χ2n) is 4.35. The Kier molecular flexibility index (Phi) is 3.58. The number of benzene rings is 1. The lowest BCUT2D eigenvalue weighted by atomic mass is 10.0. The van der Waals surface area contributed by atoms with Crippen molar-refractivity contribution in [1.82, 2.24) is 0 Å². The summed E-state index contributed by atoms with van der Waals surface area (Å²) in [5.74, 6) is 0. The molecular formula is C12H16N2O3. The maximum atomic E-state index is 10.7. The molecule has 1 aromatic rings. The van der Waals surface area contributed by atoms with Crippen molar-refractivity contribution in [1.29, 1.82) is 0 Å². The van der Waals surface area contributed by atoms with Gasteiger partial charge in [-0.1, -0.05) is 6.07 Å². The maximum absolute atomic E-state index is 10.7. The van der Waals surface area contributed by atoms with Crippen molar-refractivity contribution < 1.29 is 9.66 Å². The molecule has 1 saturated heterocycles. The number of hydrogen-bond acceptors (Lipinski definition) is 4. The number of nitro benzene ring substituents is 1. The summed E-state index contributed by atoms with van der Waals surface area (Å²) < 4.78 is 5.46. The van der Waals surface area contributed by atoms with Crippen LogP contribution in [0.1, 0.15) is 19.8 Å². The van der Waals surface area contributed by atoms with E-state index in [2.05, 4.69) is 5.32 Å². The van der Waals surface area contributed by atoms with Crippen LogP contribution in [-0.2, 0) is 4.74 Å². The highest BCUT2D eigenvalue weighted by atomic mass is 16.6. The summed E-state index contributed by atoms with van der Waals surface area (Å²) >= 11 is 0. The summed E-state index contributed by atoms with van der Waals surface area (Å²) in [6.07, 6.45) is 2.12. The SMILES string of the molecule is CC1CC(Nc2cccc([N+](=O)[O-])c2)CCO1. The summed E-state index contributed by atoms with van der Waals surface area (Å²) in [6.45, 7) is 2.79. The zero-order valence-electron chi connectivity index (χ0n) is 9.76. The van der Waals surface area contributed by atoms with Crippen LogP contribution in [0.3, 0.4) is 0 Å². The average molecular weight is 236 g/mol. The monoisotopic (exact) mass is 236 g/mol. The first kappa shape index (κ1) is 11.9. The van der Waals surface area contributed by atoms with Gasteiger partial charge in [0.1, 0.15) is 0 Å². The van der Waals surface area contributed by atoms with E-state index in [1.54, 1.807) is 12.1 Å². The highest BCUT2D eigenvalue weighted by Crippen LogP contribution is 2.21. The van der Waals surface area contributed by atoms with Crippen molar-refractivity contribution in [2.24, 2.45) is 0 Å². The third kappa shape index (κ3) is 3.17. The van der Waals surface area contributed by atoms with Crippen LogP contribution < -0.4 is 5.32 Å². The zero-order chi connectivity index (χ0) is 12.3. The molecule has 1 aliphatic heterocycles. The van der Waals surface area contributed by atoms with Gasteiger partial charge in [0.25, 0.3) is 5.69 Å². The minimum absolute atomic E-state index is 0.120. The van der Waals surface area contributed by atoms with Crippen LogP contribution in [0.15, 0.2) is 24.3 Å². The van der Waals surface area contributed by atoms with Crippen molar-refractivity contribution in [2.45, 2.75) is 31.9 Å². The molecule has 5 nitrogen and oxygen atoms in total. The average Bonchev–Trinajstić information content (AvgIpc) is 2.29. The van der Waals surface area contributed by atoms with Crippen LogP contribution in [0.25, 0.3) is 0 Å². The Bertz CT molecular complexity index is 408. The van der Waals surface area contributed by atoms with Crippen molar-refractivity contribution in [3.8, 4) is 0 Å². The minimum Gasteiger partial charge on any atom is -0.382 e. The Morgan fingerprint density at radius 1 is 1.53 bits per heavy atom. The topological polar surface area (TPSA) is 64.4 Å². The fourth-order valence-electron chi connectivity index (χ4n) is 2.07. The van der Waals surface area contributed by atoms with Crippen LogP contribution in [0.4, 0.5) is 11.4 Å². The van der Waals surface area contributed by atoms with E-state index >= 15 is 0 Å². The van der Waals surface area contributed by atoms with Gasteiger partial charge in [-0.15, -0.1) is 0 Å². The van der Waals surface area contributed by atoms with E-state index < -0.39 is 0 Å². The van der Waals surface area contributed by atoms with Gasteiger partial charge in [0.2, 0.25) is 0 Å². The fraction of sp³-hybridized carbons (Fsp3) is 0.500. The summed E-state index contributed by atoms with van der Waals surface area (Å²) in [5, 5.41) is 14.0. The second-order valence-corrected chi connectivity index (χ2v) is 4.35. The van der Waals surface area contributed by atoms with Crippen LogP contribution in [0.5, 0.6) is 0 Å². The summed E-state index contributed by atoms with van der Waals surface area (Å²) in [5.41, 5.74) is 0.924. The van der Waals surface area contributed by atoms with Crippen molar-refractivity contribution in [3.05, 3.63) is 34.4 Å². The first-order valence-electron chi connectivity index (χ1n) is 5.78. The molecule has 2 unspecified atom stereocenters. The quantitative estimate of drug-likeness (QED) is 0.647. The first-order chi connectivity index (χ1) is 8.15. The Hall–Kier alpha value is -1.62. The molecule has 0 aromatic heterocycles. The molecule has 1 N–H and O–H groups in total. The molecule has 0 saturated carbocycles. The van der Waals surface area contributed by atoms with Crippen molar-refractivity contribution in [2.75, 3.05) is 11.9 Å². The molecule has 1 aromatic carbocycles. The van der Waals surface area contributed by atoms with E-state index in [9.17, 15) is 10.1 Å². The molecule has 0 aliphatic carbocycles. The molecular weight excluding hydrogens is 220 g/mol. The van der Waals surface area contributed by atoms with E-state index in [-0.39, 0.29) is 16.7 Å². The van der Waals surface area contributed by atoms with Crippen LogP contribution in [0, 0.1) is 10.1 Å². The number of nitro groups is 1. The van der Waals surface area contributed by atoms with Gasteiger partial charge in [-0.05, 0) is 25.8 Å². The molecule has 2 rings (SSSR count). The molecule has 0 spiro atoms. The van der Waals surface area contributed by atoms with Crippen molar-refractivity contribution >= 4 is 11.4 Å². The Morgan fingerprint density at radius 2 is 2.35 bits per heavy atom. The van der Waals surface area contributed by atoms with Gasteiger partial charge in [-0.2, -0.15) is 0 Å². The minimum atomic E-state index is -0.377. The van der Waals surface area contributed by atoms with Crippen LogP contribution >= 0.6 is 0 Å². The van der Waals surface area contributed by atoms with Gasteiger partial charge >= 0.3 is 0 Å². The van der Waals surface area contributed by atoms with E-state index in [0.717, 1.165) is 25.1 Å². The number of nitrogens with zero attached hydrogens (tertiary/aromatic N) is 1. The molecule has 2 atom stereocenters. The maximum Gasteiger partial charge on any atom is 0.271 e. The second kappa shape index (κ2) is 5.14. The number of non-ortho nitro benzene ring substituents is 1. The van der Waals surface area contributed by atoms with Gasteiger partial charge in [0.05, 0.1) is 11.0 Å². The number of ether oxygens (including phenoxy) is 1. The number of rotatable bonds is 3. The molecule has 17 heavy (non-hydrogen) atoms. The van der Waals surface area contributed by atoms with Gasteiger partial charge in [0.15, 0.2) is 0 Å². The molecule has 0 amide bonds. The Morgan fingerprint density at radius 3 is 3.06 bits per heavy atom. The predicted molar refractivity (Wildman–Crippen MR) is 65.2 cm³/mol. The normalized spacial score (nSPS) is 24.3. The number of nitrogens with one attached hydrogen (secondary N) is 1. The van der Waals surface area contributed by atoms with Crippen LogP contribution in [0.2, 0.25) is 0 Å². The third-order valence-electron chi connectivity index (χ3n) is 2.91. The number of hydrogen-bond donors (Lipinski definition) is 1. The molecule has 1 fully saturated rings. The lowest BCUT2D eigenvalue weighted by Crippen LogP contribution is -2.32. The van der Waals surface area contributed by atoms with E-state index in [1.807, 2.05) is 13.0 Å². The van der Waals surface area contributed by atoms with E-state index in [1.165, 1.54) is 6.07 Å². The molecule has 1 aliphatic rings. The zero-order valence-corrected chi connectivity index (χ0v) is 9.76. The smallest absolute Gasteiger partial charge is 0.271 e. The van der Waals surface area contributed by atoms with Crippen molar-refractivity contribution in [3.63, 3.8) is 0 Å². The molecule has 92 valence electrons. The van der Waals surface area contributed by atoms with E-state index in [0.29, 0.717) is 6.04 Å². The lowest BCUT2D eigenvalue weighted by molar-refractivity contribution is -0.384. The van der Waals surface area contributed by atoms with Gasteiger partial charge < -0.3 is 10.1 Å². The standard InChI is InChI=1S/C12H16N2O3/c1-9-7-11(5-6-17-9)13-10-3-2-4-12(8-10)14(15)16/h2-4,8-9,11,13H,5-7H2,1H3. The third-order valence-corrected chi connectivity index (χ3v) is 2.91. The van der Waals surface area contributed by atoms with Gasteiger partial charge in [-0.3, -0.25) is 10.1 Å². The first-order valence-corrected chi connectivity index (χ1v) is 5.78. The van der Waals surface area contributed by atoms with Gasteiger partial charge in [-0.25, -0.2) is 0 Å². The van der Waals surface area contributed by atoms with Crippen LogP contribution in [-0.4, -0.2) is 23.7 Å². The largest absolute Gasteiger partial charge is 0.382 e. The molecule has 0 bridgehead atoms. The Labute approximate surface area is 99.9 Å². The molecule has 5 heteroatoms. The number of anilines is 1. The summed E-state index contributed by atoms with van der Waals surface area (Å²) in [4.78, 5) is 10.3.